The van der Waals surface area contributed by atoms with Crippen LogP contribution in [-0.2, 0) is 19.1 Å². The smallest absolute Gasteiger partial charge is 0.330 e. The SMILES string of the molecule is CCOC(=O)CCN1C(=O)NC(=O)C(C(C)C)C1=O. The van der Waals surface area contributed by atoms with Crippen LogP contribution in [0, 0.1) is 11.8 Å². The summed E-state index contributed by atoms with van der Waals surface area (Å²) in [7, 11) is 0. The summed E-state index contributed by atoms with van der Waals surface area (Å²) in [6.45, 7) is 5.28. The highest BCUT2D eigenvalue weighted by molar-refractivity contribution is 6.16. The molecule has 1 atom stereocenters. The fourth-order valence-corrected chi connectivity index (χ4v) is 1.87. The van der Waals surface area contributed by atoms with Gasteiger partial charge in [0.15, 0.2) is 0 Å². The second kappa shape index (κ2) is 6.31. The lowest BCUT2D eigenvalue weighted by molar-refractivity contribution is -0.146. The van der Waals surface area contributed by atoms with Crippen LogP contribution in [-0.4, -0.2) is 41.9 Å². The van der Waals surface area contributed by atoms with Gasteiger partial charge in [-0.2, -0.15) is 0 Å². The highest BCUT2D eigenvalue weighted by Gasteiger charge is 2.41. The second-order valence-corrected chi connectivity index (χ2v) is 4.56. The summed E-state index contributed by atoms with van der Waals surface area (Å²) in [5.74, 6) is -2.74. The van der Waals surface area contributed by atoms with Gasteiger partial charge < -0.3 is 4.74 Å². The van der Waals surface area contributed by atoms with Gasteiger partial charge in [0, 0.05) is 6.54 Å². The van der Waals surface area contributed by atoms with Gasteiger partial charge in [-0.15, -0.1) is 0 Å². The summed E-state index contributed by atoms with van der Waals surface area (Å²) in [4.78, 5) is 47.3. The zero-order chi connectivity index (χ0) is 14.6. The number of urea groups is 1. The summed E-state index contributed by atoms with van der Waals surface area (Å²) < 4.78 is 4.72. The molecule has 0 spiro atoms. The van der Waals surface area contributed by atoms with E-state index < -0.39 is 29.7 Å². The summed E-state index contributed by atoms with van der Waals surface area (Å²) in [5.41, 5.74) is 0. The molecule has 7 nitrogen and oxygen atoms in total. The Morgan fingerprint density at radius 2 is 2.00 bits per heavy atom. The molecule has 0 bridgehead atoms. The van der Waals surface area contributed by atoms with Crippen LogP contribution in [0.5, 0.6) is 0 Å². The Hall–Kier alpha value is -1.92. The molecule has 1 rings (SSSR count). The first-order chi connectivity index (χ1) is 8.88. The maximum Gasteiger partial charge on any atom is 0.330 e. The minimum atomic E-state index is -0.889. The molecule has 19 heavy (non-hydrogen) atoms. The molecule has 4 amide bonds. The summed E-state index contributed by atoms with van der Waals surface area (Å²) in [5, 5.41) is 2.12. The molecule has 1 heterocycles. The van der Waals surface area contributed by atoms with Crippen molar-refractivity contribution in [2.75, 3.05) is 13.2 Å². The molecule has 1 N–H and O–H groups in total. The van der Waals surface area contributed by atoms with Crippen molar-refractivity contribution in [2.45, 2.75) is 27.2 Å². The molecule has 0 aliphatic carbocycles. The van der Waals surface area contributed by atoms with Crippen LogP contribution in [0.4, 0.5) is 4.79 Å². The number of rotatable bonds is 5. The predicted octanol–water partition coefficient (Wildman–Crippen LogP) is 0.290. The van der Waals surface area contributed by atoms with Crippen molar-refractivity contribution in [3.63, 3.8) is 0 Å². The van der Waals surface area contributed by atoms with Crippen LogP contribution in [0.1, 0.15) is 27.2 Å². The number of carbonyl (C=O) groups excluding carboxylic acids is 4. The van der Waals surface area contributed by atoms with E-state index in [1.54, 1.807) is 20.8 Å². The van der Waals surface area contributed by atoms with E-state index in [0.29, 0.717) is 0 Å². The van der Waals surface area contributed by atoms with E-state index in [4.69, 9.17) is 4.74 Å². The van der Waals surface area contributed by atoms with Crippen molar-refractivity contribution in [1.29, 1.82) is 0 Å². The highest BCUT2D eigenvalue weighted by atomic mass is 16.5. The molecule has 0 aromatic heterocycles. The first-order valence-electron chi connectivity index (χ1n) is 6.20. The Morgan fingerprint density at radius 3 is 2.53 bits per heavy atom. The number of ether oxygens (including phenoxy) is 1. The van der Waals surface area contributed by atoms with E-state index >= 15 is 0 Å². The molecule has 1 saturated heterocycles. The molecule has 1 aliphatic heterocycles. The fourth-order valence-electron chi connectivity index (χ4n) is 1.87. The van der Waals surface area contributed by atoms with Crippen molar-refractivity contribution in [3.05, 3.63) is 0 Å². The van der Waals surface area contributed by atoms with E-state index in [2.05, 4.69) is 5.32 Å². The number of carbonyl (C=O) groups is 4. The van der Waals surface area contributed by atoms with Crippen LogP contribution < -0.4 is 5.32 Å². The average molecular weight is 270 g/mol. The van der Waals surface area contributed by atoms with Crippen LogP contribution >= 0.6 is 0 Å². The highest BCUT2D eigenvalue weighted by Crippen LogP contribution is 2.19. The van der Waals surface area contributed by atoms with Gasteiger partial charge in [-0.1, -0.05) is 13.8 Å². The normalized spacial score (nSPS) is 19.7. The van der Waals surface area contributed by atoms with Crippen LogP contribution in [0.25, 0.3) is 0 Å². The maximum atomic E-state index is 12.1. The van der Waals surface area contributed by atoms with Crippen molar-refractivity contribution >= 4 is 23.8 Å². The second-order valence-electron chi connectivity index (χ2n) is 4.56. The lowest BCUT2D eigenvalue weighted by Crippen LogP contribution is -2.59. The number of esters is 1. The molecule has 0 aromatic rings. The molecular formula is C12H18N2O5. The molecule has 0 saturated carbocycles. The third kappa shape index (κ3) is 3.52. The molecule has 1 unspecified atom stereocenters. The number of hydrogen-bond donors (Lipinski definition) is 1. The first kappa shape index (κ1) is 15.1. The summed E-state index contributed by atoms with van der Waals surface area (Å²) >= 11 is 0. The lowest BCUT2D eigenvalue weighted by Gasteiger charge is -2.31. The molecule has 106 valence electrons. The fraction of sp³-hybridized carbons (Fsp3) is 0.667. The lowest BCUT2D eigenvalue weighted by atomic mass is 9.92. The Morgan fingerprint density at radius 1 is 1.37 bits per heavy atom. The summed E-state index contributed by atoms with van der Waals surface area (Å²) in [6.07, 6.45) is -0.0774. The Bertz CT molecular complexity index is 405. The Balaban J connectivity index is 2.71. The quantitative estimate of drug-likeness (QED) is 0.572. The number of barbiturate groups is 1. The standard InChI is InChI=1S/C12H18N2O5/c1-4-19-8(15)5-6-14-11(17)9(7(2)3)10(16)13-12(14)18/h7,9H,4-6H2,1-3H3,(H,13,16,18). The first-order valence-corrected chi connectivity index (χ1v) is 6.20. The zero-order valence-corrected chi connectivity index (χ0v) is 11.3. The topological polar surface area (TPSA) is 92.8 Å². The monoisotopic (exact) mass is 270 g/mol. The number of nitrogens with zero attached hydrogens (tertiary/aromatic N) is 1. The molecule has 7 heteroatoms. The minimum Gasteiger partial charge on any atom is -0.466 e. The maximum absolute atomic E-state index is 12.1. The third-order valence-electron chi connectivity index (χ3n) is 2.80. The van der Waals surface area contributed by atoms with Gasteiger partial charge in [-0.3, -0.25) is 24.6 Å². The molecular weight excluding hydrogens is 252 g/mol. The largest absolute Gasteiger partial charge is 0.466 e. The van der Waals surface area contributed by atoms with Gasteiger partial charge in [0.2, 0.25) is 11.8 Å². The van der Waals surface area contributed by atoms with Gasteiger partial charge >= 0.3 is 12.0 Å². The Kier molecular flexibility index (Phi) is 5.02. The molecule has 1 aliphatic rings. The van der Waals surface area contributed by atoms with Gasteiger partial charge in [0.25, 0.3) is 0 Å². The van der Waals surface area contributed by atoms with Gasteiger partial charge in [0.1, 0.15) is 5.92 Å². The summed E-state index contributed by atoms with van der Waals surface area (Å²) in [6, 6.07) is -0.781. The van der Waals surface area contributed by atoms with Gasteiger partial charge in [-0.05, 0) is 12.8 Å². The third-order valence-corrected chi connectivity index (χ3v) is 2.80. The van der Waals surface area contributed by atoms with E-state index in [0.717, 1.165) is 4.90 Å². The minimum absolute atomic E-state index is 0.0774. The van der Waals surface area contributed by atoms with Crippen molar-refractivity contribution < 1.29 is 23.9 Å². The van der Waals surface area contributed by atoms with Crippen molar-refractivity contribution in [3.8, 4) is 0 Å². The van der Waals surface area contributed by atoms with Crippen LogP contribution in [0.2, 0.25) is 0 Å². The number of imide groups is 2. The van der Waals surface area contributed by atoms with E-state index in [9.17, 15) is 19.2 Å². The zero-order valence-electron chi connectivity index (χ0n) is 11.3. The van der Waals surface area contributed by atoms with E-state index in [1.807, 2.05) is 0 Å². The number of hydrogen-bond acceptors (Lipinski definition) is 5. The predicted molar refractivity (Wildman–Crippen MR) is 64.8 cm³/mol. The number of amides is 4. The van der Waals surface area contributed by atoms with Crippen LogP contribution in [0.15, 0.2) is 0 Å². The molecule has 0 radical (unpaired) electrons. The molecule has 0 aromatic carbocycles. The van der Waals surface area contributed by atoms with E-state index in [1.165, 1.54) is 0 Å². The van der Waals surface area contributed by atoms with E-state index in [-0.39, 0.29) is 25.5 Å². The van der Waals surface area contributed by atoms with Gasteiger partial charge in [-0.25, -0.2) is 4.79 Å². The molecule has 1 fully saturated rings. The Labute approximate surface area is 111 Å². The van der Waals surface area contributed by atoms with Crippen molar-refractivity contribution in [2.24, 2.45) is 11.8 Å². The average Bonchev–Trinajstić information content (AvgIpc) is 2.27. The van der Waals surface area contributed by atoms with Gasteiger partial charge in [0.05, 0.1) is 13.0 Å². The number of nitrogens with one attached hydrogen (secondary N) is 1. The van der Waals surface area contributed by atoms with Crippen molar-refractivity contribution in [1.82, 2.24) is 10.2 Å². The van der Waals surface area contributed by atoms with Crippen LogP contribution in [0.3, 0.4) is 0 Å².